The first-order valence-corrected chi connectivity index (χ1v) is 7.24. The molecule has 2 aromatic carbocycles. The summed E-state index contributed by atoms with van der Waals surface area (Å²) < 4.78 is 19.6. The van der Waals surface area contributed by atoms with Gasteiger partial charge in [0, 0.05) is 12.0 Å². The number of halogens is 2. The zero-order valence-corrected chi connectivity index (χ0v) is 12.5. The molecule has 0 amide bonds. The van der Waals surface area contributed by atoms with E-state index in [1.807, 2.05) is 25.1 Å². The highest BCUT2D eigenvalue weighted by molar-refractivity contribution is 9.10. The fourth-order valence-corrected chi connectivity index (χ4v) is 2.88. The molecule has 1 heterocycles. The van der Waals surface area contributed by atoms with Crippen molar-refractivity contribution in [1.29, 1.82) is 0 Å². The number of ether oxygens (including phenoxy) is 1. The first-order chi connectivity index (χ1) is 9.54. The summed E-state index contributed by atoms with van der Waals surface area (Å²) in [6.07, 6.45) is -0.362. The van der Waals surface area contributed by atoms with Gasteiger partial charge in [0.15, 0.2) is 0 Å². The molecule has 3 rings (SSSR count). The Morgan fingerprint density at radius 3 is 2.80 bits per heavy atom. The van der Waals surface area contributed by atoms with Crippen molar-refractivity contribution in [3.63, 3.8) is 0 Å². The van der Waals surface area contributed by atoms with Crippen molar-refractivity contribution >= 4 is 15.9 Å². The molecule has 2 aromatic rings. The molecular weight excluding hydrogens is 323 g/mol. The molecule has 1 unspecified atom stereocenters. The number of rotatable bonds is 1. The minimum atomic E-state index is -0.563. The van der Waals surface area contributed by atoms with Gasteiger partial charge in [-0.3, -0.25) is 0 Å². The monoisotopic (exact) mass is 336 g/mol. The van der Waals surface area contributed by atoms with Gasteiger partial charge in [-0.1, -0.05) is 17.7 Å². The molecule has 1 N–H and O–H groups in total. The van der Waals surface area contributed by atoms with Gasteiger partial charge in [-0.15, -0.1) is 0 Å². The van der Waals surface area contributed by atoms with E-state index in [2.05, 4.69) is 15.9 Å². The molecule has 0 aliphatic carbocycles. The molecule has 0 aromatic heterocycles. The largest absolute Gasteiger partial charge is 0.485 e. The van der Waals surface area contributed by atoms with E-state index in [-0.39, 0.29) is 11.9 Å². The van der Waals surface area contributed by atoms with E-state index >= 15 is 0 Å². The molecule has 4 heteroatoms. The van der Waals surface area contributed by atoms with Crippen molar-refractivity contribution in [1.82, 2.24) is 0 Å². The summed E-state index contributed by atoms with van der Waals surface area (Å²) in [6, 6.07) is 10.6. The van der Waals surface area contributed by atoms with Crippen molar-refractivity contribution in [3.8, 4) is 5.75 Å². The maximum Gasteiger partial charge on any atom is 0.137 e. The van der Waals surface area contributed by atoms with Crippen molar-refractivity contribution in [2.75, 3.05) is 0 Å². The maximum atomic E-state index is 13.3. The van der Waals surface area contributed by atoms with Gasteiger partial charge >= 0.3 is 0 Å². The Morgan fingerprint density at radius 1 is 1.25 bits per heavy atom. The van der Waals surface area contributed by atoms with E-state index in [0.29, 0.717) is 16.6 Å². The third-order valence-corrected chi connectivity index (χ3v) is 4.15. The van der Waals surface area contributed by atoms with Crippen LogP contribution in [0.15, 0.2) is 40.9 Å². The summed E-state index contributed by atoms with van der Waals surface area (Å²) in [5.74, 6) is 0.390. The van der Waals surface area contributed by atoms with Crippen molar-refractivity contribution in [2.45, 2.75) is 25.6 Å². The van der Waals surface area contributed by atoms with Gasteiger partial charge in [-0.2, -0.15) is 0 Å². The van der Waals surface area contributed by atoms with Gasteiger partial charge in [-0.05, 0) is 52.7 Å². The number of aliphatic hydroxyl groups excluding tert-OH is 1. The van der Waals surface area contributed by atoms with E-state index in [4.69, 9.17) is 4.74 Å². The Morgan fingerprint density at radius 2 is 2.05 bits per heavy atom. The third-order valence-electron chi connectivity index (χ3n) is 3.55. The maximum absolute atomic E-state index is 13.3. The van der Waals surface area contributed by atoms with Crippen molar-refractivity contribution < 1.29 is 14.2 Å². The first-order valence-electron chi connectivity index (χ1n) is 6.45. The predicted octanol–water partition coefficient (Wildman–Crippen LogP) is 4.45. The molecule has 0 saturated heterocycles. The number of aryl methyl sites for hydroxylation is 1. The Balaban J connectivity index is 1.94. The number of hydrogen-bond acceptors (Lipinski definition) is 2. The average Bonchev–Trinajstić information content (AvgIpc) is 2.42. The quantitative estimate of drug-likeness (QED) is 0.833. The van der Waals surface area contributed by atoms with Crippen LogP contribution in [0.2, 0.25) is 0 Å². The highest BCUT2D eigenvalue weighted by Crippen LogP contribution is 2.41. The normalized spacial score (nSPS) is 21.2. The predicted molar refractivity (Wildman–Crippen MR) is 78.2 cm³/mol. The van der Waals surface area contributed by atoms with E-state index < -0.39 is 6.10 Å². The highest BCUT2D eigenvalue weighted by Gasteiger charge is 2.28. The van der Waals surface area contributed by atoms with E-state index in [1.165, 1.54) is 6.07 Å². The van der Waals surface area contributed by atoms with Crippen molar-refractivity contribution in [2.24, 2.45) is 0 Å². The lowest BCUT2D eigenvalue weighted by Crippen LogP contribution is -2.19. The second-order valence-corrected chi connectivity index (χ2v) is 5.93. The molecular formula is C16H14BrFO2. The van der Waals surface area contributed by atoms with E-state index in [1.54, 1.807) is 12.1 Å². The van der Waals surface area contributed by atoms with Crippen LogP contribution < -0.4 is 4.74 Å². The Bertz CT molecular complexity index is 657. The first kappa shape index (κ1) is 13.6. The molecule has 104 valence electrons. The van der Waals surface area contributed by atoms with Crippen LogP contribution in [0.4, 0.5) is 4.39 Å². The van der Waals surface area contributed by atoms with Crippen LogP contribution in [0.25, 0.3) is 0 Å². The highest BCUT2D eigenvalue weighted by atomic mass is 79.9. The molecule has 20 heavy (non-hydrogen) atoms. The van der Waals surface area contributed by atoms with Gasteiger partial charge in [0.25, 0.3) is 0 Å². The summed E-state index contributed by atoms with van der Waals surface area (Å²) >= 11 is 3.18. The van der Waals surface area contributed by atoms with Gasteiger partial charge in [0.2, 0.25) is 0 Å². The fraction of sp³-hybridized carbons (Fsp3) is 0.250. The van der Waals surface area contributed by atoms with Crippen LogP contribution in [0.1, 0.15) is 35.3 Å². The standard InChI is InChI=1S/C16H14BrFO2/c1-9-2-5-15-11(6-9)14(19)8-16(20-15)10-3-4-13(18)12(17)7-10/h2-7,14,16,19H,8H2,1H3/t14-,16?/m1/s1. The van der Waals surface area contributed by atoms with Gasteiger partial charge < -0.3 is 9.84 Å². The Hall–Kier alpha value is -1.39. The number of benzene rings is 2. The Labute approximate surface area is 125 Å². The molecule has 2 nitrogen and oxygen atoms in total. The SMILES string of the molecule is Cc1ccc2c(c1)[C@H](O)CC(c1ccc(F)c(Br)c1)O2. The second kappa shape index (κ2) is 5.19. The summed E-state index contributed by atoms with van der Waals surface area (Å²) in [4.78, 5) is 0. The lowest BCUT2D eigenvalue weighted by atomic mass is 9.94. The third kappa shape index (κ3) is 2.45. The van der Waals surface area contributed by atoms with Gasteiger partial charge in [0.1, 0.15) is 17.7 Å². The lowest BCUT2D eigenvalue weighted by Gasteiger charge is -2.30. The van der Waals surface area contributed by atoms with Gasteiger partial charge in [0.05, 0.1) is 10.6 Å². The fourth-order valence-electron chi connectivity index (χ4n) is 2.48. The number of hydrogen-bond donors (Lipinski definition) is 1. The molecule has 0 saturated carbocycles. The van der Waals surface area contributed by atoms with Crippen LogP contribution in [-0.4, -0.2) is 5.11 Å². The topological polar surface area (TPSA) is 29.5 Å². The molecule has 1 aliphatic heterocycles. The van der Waals surface area contributed by atoms with Crippen LogP contribution in [-0.2, 0) is 0 Å². The molecule has 0 fully saturated rings. The average molecular weight is 337 g/mol. The molecule has 0 radical (unpaired) electrons. The van der Waals surface area contributed by atoms with Crippen LogP contribution in [0.5, 0.6) is 5.75 Å². The van der Waals surface area contributed by atoms with Crippen LogP contribution >= 0.6 is 15.9 Å². The molecule has 0 spiro atoms. The summed E-state index contributed by atoms with van der Waals surface area (Å²) in [7, 11) is 0. The van der Waals surface area contributed by atoms with E-state index in [0.717, 1.165) is 16.7 Å². The molecule has 2 atom stereocenters. The number of fused-ring (bicyclic) bond motifs is 1. The van der Waals surface area contributed by atoms with Gasteiger partial charge in [-0.25, -0.2) is 4.39 Å². The lowest BCUT2D eigenvalue weighted by molar-refractivity contribution is 0.0656. The zero-order valence-electron chi connectivity index (χ0n) is 10.9. The second-order valence-electron chi connectivity index (χ2n) is 5.07. The smallest absolute Gasteiger partial charge is 0.137 e. The van der Waals surface area contributed by atoms with Crippen LogP contribution in [0, 0.1) is 12.7 Å². The molecule has 1 aliphatic rings. The van der Waals surface area contributed by atoms with E-state index in [9.17, 15) is 9.50 Å². The minimum Gasteiger partial charge on any atom is -0.485 e. The summed E-state index contributed by atoms with van der Waals surface area (Å²) in [5.41, 5.74) is 2.76. The minimum absolute atomic E-state index is 0.267. The summed E-state index contributed by atoms with van der Waals surface area (Å²) in [6.45, 7) is 1.98. The van der Waals surface area contributed by atoms with Crippen LogP contribution in [0.3, 0.4) is 0 Å². The molecule has 0 bridgehead atoms. The Kier molecular flexibility index (Phi) is 3.52. The summed E-state index contributed by atoms with van der Waals surface area (Å²) in [5, 5.41) is 10.3. The number of aliphatic hydroxyl groups is 1. The van der Waals surface area contributed by atoms with Crippen molar-refractivity contribution in [3.05, 3.63) is 63.4 Å². The zero-order chi connectivity index (χ0) is 14.3.